The van der Waals surface area contributed by atoms with Crippen LogP contribution in [0.15, 0.2) is 36.7 Å². The summed E-state index contributed by atoms with van der Waals surface area (Å²) < 4.78 is 5.57. The zero-order valence-electron chi connectivity index (χ0n) is 13.1. The van der Waals surface area contributed by atoms with Crippen LogP contribution >= 0.6 is 12.4 Å². The number of benzene rings is 1. The largest absolute Gasteiger partial charge is 0.494 e. The predicted octanol–water partition coefficient (Wildman–Crippen LogP) is 3.45. The van der Waals surface area contributed by atoms with Gasteiger partial charge in [-0.15, -0.1) is 12.4 Å². The van der Waals surface area contributed by atoms with E-state index in [1.807, 2.05) is 26.8 Å². The molecule has 22 heavy (non-hydrogen) atoms. The molecule has 0 saturated carbocycles. The number of amides is 1. The molecule has 2 rings (SSSR count). The average molecular weight is 321 g/mol. The zero-order chi connectivity index (χ0) is 15.2. The van der Waals surface area contributed by atoms with E-state index in [0.717, 1.165) is 22.4 Å². The minimum absolute atomic E-state index is 0. The summed E-state index contributed by atoms with van der Waals surface area (Å²) in [5, 5.41) is 2.92. The topological polar surface area (TPSA) is 51.2 Å². The Bertz CT molecular complexity index is 630. The number of hydrogen-bond acceptors (Lipinski definition) is 3. The molecule has 1 aromatic carbocycles. The van der Waals surface area contributed by atoms with Crippen molar-refractivity contribution in [3.8, 4) is 5.75 Å². The van der Waals surface area contributed by atoms with Gasteiger partial charge in [-0.1, -0.05) is 6.07 Å². The van der Waals surface area contributed by atoms with E-state index in [0.29, 0.717) is 18.7 Å². The summed E-state index contributed by atoms with van der Waals surface area (Å²) in [7, 11) is 0. The van der Waals surface area contributed by atoms with Crippen LogP contribution in [0.4, 0.5) is 0 Å². The molecule has 1 N–H and O–H groups in total. The fraction of sp³-hybridized carbons (Fsp3) is 0.294. The van der Waals surface area contributed by atoms with Crippen LogP contribution in [0.25, 0.3) is 0 Å². The van der Waals surface area contributed by atoms with Crippen molar-refractivity contribution in [1.29, 1.82) is 0 Å². The van der Waals surface area contributed by atoms with Gasteiger partial charge in [0.15, 0.2) is 0 Å². The number of carbonyl (C=O) groups excluding carboxylic acids is 1. The third kappa shape index (κ3) is 4.46. The number of hydrogen-bond donors (Lipinski definition) is 1. The SMILES string of the molecule is CCOc1cc(C)c(CNC(=O)c2cccnc2)cc1C.Cl. The van der Waals surface area contributed by atoms with E-state index in [9.17, 15) is 4.79 Å². The molecule has 4 nitrogen and oxygen atoms in total. The van der Waals surface area contributed by atoms with Gasteiger partial charge in [0.25, 0.3) is 5.91 Å². The first-order chi connectivity index (χ1) is 10.1. The number of pyridine rings is 1. The third-order valence-electron chi connectivity index (χ3n) is 3.30. The Labute approximate surface area is 137 Å². The second-order valence-corrected chi connectivity index (χ2v) is 4.90. The Balaban J connectivity index is 0.00000242. The van der Waals surface area contributed by atoms with Crippen LogP contribution in [0.2, 0.25) is 0 Å². The Morgan fingerprint density at radius 3 is 2.68 bits per heavy atom. The van der Waals surface area contributed by atoms with E-state index in [1.165, 1.54) is 0 Å². The summed E-state index contributed by atoms with van der Waals surface area (Å²) in [6, 6.07) is 7.58. The van der Waals surface area contributed by atoms with Gasteiger partial charge in [-0.3, -0.25) is 9.78 Å². The summed E-state index contributed by atoms with van der Waals surface area (Å²) in [5.74, 6) is 0.784. The maximum absolute atomic E-state index is 12.0. The summed E-state index contributed by atoms with van der Waals surface area (Å²) in [4.78, 5) is 16.0. The van der Waals surface area contributed by atoms with Gasteiger partial charge < -0.3 is 10.1 Å². The Morgan fingerprint density at radius 2 is 2.05 bits per heavy atom. The van der Waals surface area contributed by atoms with Gasteiger partial charge >= 0.3 is 0 Å². The van der Waals surface area contributed by atoms with E-state index in [1.54, 1.807) is 24.5 Å². The number of ether oxygens (including phenoxy) is 1. The van der Waals surface area contributed by atoms with Crippen LogP contribution in [-0.4, -0.2) is 17.5 Å². The molecule has 0 aliphatic carbocycles. The van der Waals surface area contributed by atoms with Crippen molar-refractivity contribution in [1.82, 2.24) is 10.3 Å². The molecular weight excluding hydrogens is 300 g/mol. The number of rotatable bonds is 5. The second-order valence-electron chi connectivity index (χ2n) is 4.90. The van der Waals surface area contributed by atoms with Gasteiger partial charge in [0.05, 0.1) is 12.2 Å². The average Bonchev–Trinajstić information content (AvgIpc) is 2.50. The predicted molar refractivity (Wildman–Crippen MR) is 89.7 cm³/mol. The number of halogens is 1. The molecule has 0 radical (unpaired) electrons. The second kappa shape index (κ2) is 8.39. The lowest BCUT2D eigenvalue weighted by molar-refractivity contribution is 0.0950. The van der Waals surface area contributed by atoms with Crippen LogP contribution in [0.5, 0.6) is 5.75 Å². The van der Waals surface area contributed by atoms with Crippen LogP contribution in [0.3, 0.4) is 0 Å². The maximum atomic E-state index is 12.0. The number of carbonyl (C=O) groups is 1. The van der Waals surface area contributed by atoms with Crippen LogP contribution in [0.1, 0.15) is 34.0 Å². The maximum Gasteiger partial charge on any atom is 0.253 e. The first-order valence-electron chi connectivity index (χ1n) is 7.03. The lowest BCUT2D eigenvalue weighted by Crippen LogP contribution is -2.23. The van der Waals surface area contributed by atoms with Crippen LogP contribution in [-0.2, 0) is 6.54 Å². The van der Waals surface area contributed by atoms with Crippen molar-refractivity contribution in [2.45, 2.75) is 27.3 Å². The van der Waals surface area contributed by atoms with Crippen molar-refractivity contribution in [2.24, 2.45) is 0 Å². The normalized spacial score (nSPS) is 9.77. The smallest absolute Gasteiger partial charge is 0.253 e. The Hall–Kier alpha value is -2.07. The summed E-state index contributed by atoms with van der Waals surface area (Å²) in [6.07, 6.45) is 3.21. The number of nitrogens with zero attached hydrogens (tertiary/aromatic N) is 1. The highest BCUT2D eigenvalue weighted by molar-refractivity contribution is 5.93. The lowest BCUT2D eigenvalue weighted by Gasteiger charge is -2.13. The van der Waals surface area contributed by atoms with Gasteiger partial charge in [0.2, 0.25) is 0 Å². The van der Waals surface area contributed by atoms with Crippen molar-refractivity contribution in [3.63, 3.8) is 0 Å². The van der Waals surface area contributed by atoms with E-state index in [2.05, 4.69) is 16.4 Å². The van der Waals surface area contributed by atoms with Crippen molar-refractivity contribution < 1.29 is 9.53 Å². The van der Waals surface area contributed by atoms with Gasteiger partial charge in [-0.05, 0) is 55.7 Å². The Morgan fingerprint density at radius 1 is 1.27 bits per heavy atom. The van der Waals surface area contributed by atoms with Crippen LogP contribution < -0.4 is 10.1 Å². The fourth-order valence-corrected chi connectivity index (χ4v) is 2.13. The molecule has 0 aliphatic rings. The van der Waals surface area contributed by atoms with Gasteiger partial charge in [-0.25, -0.2) is 0 Å². The first kappa shape index (κ1) is 18.0. The molecule has 1 aromatic heterocycles. The molecule has 0 aliphatic heterocycles. The molecule has 1 heterocycles. The van der Waals surface area contributed by atoms with E-state index >= 15 is 0 Å². The number of aryl methyl sites for hydroxylation is 2. The van der Waals surface area contributed by atoms with E-state index in [4.69, 9.17) is 4.74 Å². The highest BCUT2D eigenvalue weighted by atomic mass is 35.5. The molecule has 0 unspecified atom stereocenters. The Kier molecular flexibility index (Phi) is 6.86. The monoisotopic (exact) mass is 320 g/mol. The first-order valence-corrected chi connectivity index (χ1v) is 7.03. The molecule has 0 fully saturated rings. The van der Waals surface area contributed by atoms with Gasteiger partial charge in [-0.2, -0.15) is 0 Å². The molecule has 118 valence electrons. The van der Waals surface area contributed by atoms with Crippen molar-refractivity contribution in [3.05, 3.63) is 58.9 Å². The quantitative estimate of drug-likeness (QED) is 0.918. The lowest BCUT2D eigenvalue weighted by atomic mass is 10.0. The fourth-order valence-electron chi connectivity index (χ4n) is 2.13. The molecule has 1 amide bonds. The molecule has 0 atom stereocenters. The highest BCUT2D eigenvalue weighted by Crippen LogP contribution is 2.22. The minimum atomic E-state index is -0.117. The van der Waals surface area contributed by atoms with Crippen molar-refractivity contribution in [2.75, 3.05) is 6.61 Å². The molecule has 2 aromatic rings. The number of aromatic nitrogens is 1. The summed E-state index contributed by atoms with van der Waals surface area (Å²) >= 11 is 0. The number of nitrogens with one attached hydrogen (secondary N) is 1. The molecule has 0 bridgehead atoms. The third-order valence-corrected chi connectivity index (χ3v) is 3.30. The molecule has 0 saturated heterocycles. The molecule has 0 spiro atoms. The van der Waals surface area contributed by atoms with Gasteiger partial charge in [0, 0.05) is 18.9 Å². The van der Waals surface area contributed by atoms with Crippen LogP contribution in [0, 0.1) is 13.8 Å². The van der Waals surface area contributed by atoms with Gasteiger partial charge in [0.1, 0.15) is 5.75 Å². The zero-order valence-corrected chi connectivity index (χ0v) is 13.9. The standard InChI is InChI=1S/C17H20N2O2.ClH/c1-4-21-16-9-12(2)15(8-13(16)3)11-19-17(20)14-6-5-7-18-10-14;/h5-10H,4,11H2,1-3H3,(H,19,20);1H. The summed E-state index contributed by atoms with van der Waals surface area (Å²) in [5.41, 5.74) is 3.84. The van der Waals surface area contributed by atoms with E-state index < -0.39 is 0 Å². The van der Waals surface area contributed by atoms with Crippen molar-refractivity contribution >= 4 is 18.3 Å². The minimum Gasteiger partial charge on any atom is -0.494 e. The molecule has 5 heteroatoms. The molecular formula is C17H21ClN2O2. The highest BCUT2D eigenvalue weighted by Gasteiger charge is 2.08. The van der Waals surface area contributed by atoms with E-state index in [-0.39, 0.29) is 18.3 Å². The summed E-state index contributed by atoms with van der Waals surface area (Å²) in [6.45, 7) is 7.14.